The molecule has 7 rings (SSSR count). The lowest BCUT2D eigenvalue weighted by atomic mass is 9.66. The van der Waals surface area contributed by atoms with Crippen LogP contribution in [0.4, 0.5) is 0 Å². The van der Waals surface area contributed by atoms with Crippen LogP contribution in [-0.4, -0.2) is 34.1 Å². The van der Waals surface area contributed by atoms with Crippen molar-refractivity contribution in [3.8, 4) is 11.5 Å². The van der Waals surface area contributed by atoms with Crippen LogP contribution in [0.15, 0.2) is 36.4 Å². The maximum absolute atomic E-state index is 10.7. The van der Waals surface area contributed by atoms with Crippen molar-refractivity contribution >= 4 is 10.9 Å². The van der Waals surface area contributed by atoms with Gasteiger partial charge in [0.25, 0.3) is 0 Å². The zero-order valence-corrected chi connectivity index (χ0v) is 16.7. The highest BCUT2D eigenvalue weighted by atomic mass is 16.5. The van der Waals surface area contributed by atoms with Gasteiger partial charge in [-0.05, 0) is 61.8 Å². The van der Waals surface area contributed by atoms with Crippen LogP contribution < -0.4 is 4.74 Å². The first-order valence-electron chi connectivity index (χ1n) is 11.0. The van der Waals surface area contributed by atoms with Crippen molar-refractivity contribution < 1.29 is 9.84 Å². The predicted octanol–water partition coefficient (Wildman–Crippen LogP) is 4.46. The first kappa shape index (κ1) is 16.3. The maximum Gasteiger partial charge on any atom is 0.166 e. The fraction of sp³-hybridized carbons (Fsp3) is 0.440. The summed E-state index contributed by atoms with van der Waals surface area (Å²) in [6.45, 7) is 4.41. The Kier molecular flexibility index (Phi) is 3.02. The van der Waals surface area contributed by atoms with E-state index in [-0.39, 0.29) is 17.3 Å². The lowest BCUT2D eigenvalue weighted by Crippen LogP contribution is -2.67. The molecular weight excluding hydrogens is 360 g/mol. The summed E-state index contributed by atoms with van der Waals surface area (Å²) in [5.74, 6) is 1.92. The summed E-state index contributed by atoms with van der Waals surface area (Å²) < 4.78 is 6.49. The molecule has 1 spiro atoms. The van der Waals surface area contributed by atoms with Crippen LogP contribution in [0.3, 0.4) is 0 Å². The van der Waals surface area contributed by atoms with E-state index in [0.717, 1.165) is 31.1 Å². The molecule has 4 nitrogen and oxygen atoms in total. The van der Waals surface area contributed by atoms with Crippen LogP contribution in [0.5, 0.6) is 11.5 Å². The summed E-state index contributed by atoms with van der Waals surface area (Å²) in [6, 6.07) is 13.1. The minimum atomic E-state index is -0.117. The van der Waals surface area contributed by atoms with Crippen LogP contribution in [0.25, 0.3) is 10.9 Å². The van der Waals surface area contributed by atoms with Gasteiger partial charge >= 0.3 is 0 Å². The molecule has 29 heavy (non-hydrogen) atoms. The summed E-state index contributed by atoms with van der Waals surface area (Å²) in [6.07, 6.45) is 4.76. The van der Waals surface area contributed by atoms with Gasteiger partial charge in [0.1, 0.15) is 6.10 Å². The highest BCUT2D eigenvalue weighted by Crippen LogP contribution is 2.59. The molecule has 1 unspecified atom stereocenters. The van der Waals surface area contributed by atoms with Crippen molar-refractivity contribution in [3.63, 3.8) is 0 Å². The maximum atomic E-state index is 10.7. The molecule has 0 amide bonds. The van der Waals surface area contributed by atoms with Crippen LogP contribution in [0, 0.1) is 5.92 Å². The number of phenols is 1. The van der Waals surface area contributed by atoms with Gasteiger partial charge in [0.2, 0.25) is 0 Å². The van der Waals surface area contributed by atoms with Gasteiger partial charge in [-0.15, -0.1) is 0 Å². The fourth-order valence-corrected chi connectivity index (χ4v) is 6.44. The Morgan fingerprint density at radius 1 is 1.21 bits per heavy atom. The van der Waals surface area contributed by atoms with Gasteiger partial charge < -0.3 is 14.8 Å². The van der Waals surface area contributed by atoms with E-state index >= 15 is 0 Å². The Bertz CT molecular complexity index is 1160. The molecule has 4 heteroatoms. The molecule has 2 aliphatic carbocycles. The molecule has 0 radical (unpaired) electrons. The van der Waals surface area contributed by atoms with E-state index in [9.17, 15) is 5.11 Å². The third-order valence-electron chi connectivity index (χ3n) is 7.93. The van der Waals surface area contributed by atoms with E-state index in [4.69, 9.17) is 4.74 Å². The number of aromatic amines is 1. The number of para-hydroxylation sites is 1. The van der Waals surface area contributed by atoms with E-state index in [0.29, 0.717) is 6.04 Å². The van der Waals surface area contributed by atoms with Gasteiger partial charge in [-0.3, -0.25) is 4.90 Å². The van der Waals surface area contributed by atoms with Gasteiger partial charge in [-0.25, -0.2) is 0 Å². The van der Waals surface area contributed by atoms with E-state index in [2.05, 4.69) is 47.1 Å². The number of nitrogens with one attached hydrogen (secondary N) is 1. The lowest BCUT2D eigenvalue weighted by molar-refractivity contribution is -0.0103. The van der Waals surface area contributed by atoms with Crippen LogP contribution in [0.2, 0.25) is 0 Å². The van der Waals surface area contributed by atoms with Crippen molar-refractivity contribution in [1.29, 1.82) is 0 Å². The zero-order valence-electron chi connectivity index (χ0n) is 16.7. The number of benzene rings is 2. The van der Waals surface area contributed by atoms with Gasteiger partial charge in [0, 0.05) is 41.0 Å². The van der Waals surface area contributed by atoms with E-state index in [1.807, 2.05) is 6.07 Å². The lowest BCUT2D eigenvalue weighted by Gasteiger charge is -2.56. The second-order valence-corrected chi connectivity index (χ2v) is 9.70. The Labute approximate surface area is 170 Å². The summed E-state index contributed by atoms with van der Waals surface area (Å²) in [5, 5.41) is 12.1. The van der Waals surface area contributed by atoms with E-state index in [1.165, 1.54) is 52.7 Å². The van der Waals surface area contributed by atoms with E-state index in [1.54, 1.807) is 0 Å². The summed E-state index contributed by atoms with van der Waals surface area (Å²) in [7, 11) is 0. The normalized spacial score (nSPS) is 30.0. The molecule has 2 aromatic carbocycles. The van der Waals surface area contributed by atoms with Crippen molar-refractivity contribution in [2.45, 2.75) is 50.2 Å². The number of hydrogen-bond donors (Lipinski definition) is 2. The average Bonchev–Trinajstić information content (AvgIpc) is 3.40. The van der Waals surface area contributed by atoms with Gasteiger partial charge in [-0.1, -0.05) is 24.3 Å². The number of phenolic OH excluding ortho intramolecular Hbond substituents is 1. The monoisotopic (exact) mass is 386 g/mol. The topological polar surface area (TPSA) is 48.5 Å². The second kappa shape index (κ2) is 5.37. The number of rotatable bonds is 2. The number of ether oxygens (including phenoxy) is 1. The third-order valence-corrected chi connectivity index (χ3v) is 7.93. The summed E-state index contributed by atoms with van der Waals surface area (Å²) in [4.78, 5) is 6.34. The van der Waals surface area contributed by atoms with Crippen LogP contribution in [-0.2, 0) is 18.3 Å². The molecule has 4 aliphatic rings. The Morgan fingerprint density at radius 3 is 2.93 bits per heavy atom. The third kappa shape index (κ3) is 2.08. The number of aromatic nitrogens is 1. The van der Waals surface area contributed by atoms with E-state index < -0.39 is 0 Å². The minimum absolute atomic E-state index is 0.0537. The molecule has 3 atom stereocenters. The number of fused-ring (bicyclic) bond motifs is 3. The van der Waals surface area contributed by atoms with Crippen molar-refractivity contribution in [2.75, 3.05) is 13.1 Å². The number of aromatic hydroxyl groups is 1. The first-order chi connectivity index (χ1) is 14.1. The van der Waals surface area contributed by atoms with Gasteiger partial charge in [0.05, 0.1) is 5.69 Å². The standard InChI is InChI=1S/C25H26N2O2/c1-14-23-18(17-4-2-3-5-19(17)26-23)11-25-13-27(12-15-6-7-15)21(25)10-16-8-9-20(28)24(29-14)22(16)25/h2-5,8-9,14-15,21,26,28H,6-7,10-13H2,1H3/t14-,21?,25-/m1/s1. The highest BCUT2D eigenvalue weighted by molar-refractivity contribution is 5.85. The predicted molar refractivity (Wildman–Crippen MR) is 113 cm³/mol. The highest BCUT2D eigenvalue weighted by Gasteiger charge is 2.60. The average molecular weight is 386 g/mol. The molecular formula is C25H26N2O2. The van der Waals surface area contributed by atoms with Crippen molar-refractivity contribution in [3.05, 3.63) is 58.8 Å². The Morgan fingerprint density at radius 2 is 2.07 bits per heavy atom. The Balaban J connectivity index is 1.43. The SMILES string of the molecule is C[C@H]1Oc2c(O)ccc3c2[C@]2(Cc4c1[nH]c1ccccc41)CN(CC1CC1)C2C3. The van der Waals surface area contributed by atoms with Gasteiger partial charge in [0.15, 0.2) is 11.5 Å². The fourth-order valence-electron chi connectivity index (χ4n) is 6.44. The molecule has 1 aromatic heterocycles. The zero-order chi connectivity index (χ0) is 19.3. The summed E-state index contributed by atoms with van der Waals surface area (Å²) in [5.41, 5.74) is 6.48. The van der Waals surface area contributed by atoms with Crippen LogP contribution >= 0.6 is 0 Å². The molecule has 1 saturated heterocycles. The number of nitrogens with zero attached hydrogens (tertiary/aromatic N) is 1. The van der Waals surface area contributed by atoms with Crippen molar-refractivity contribution in [2.24, 2.45) is 5.92 Å². The molecule has 148 valence electrons. The quantitative estimate of drug-likeness (QED) is 0.684. The van der Waals surface area contributed by atoms with Gasteiger partial charge in [-0.2, -0.15) is 0 Å². The number of hydrogen-bond acceptors (Lipinski definition) is 3. The van der Waals surface area contributed by atoms with Crippen molar-refractivity contribution in [1.82, 2.24) is 9.88 Å². The molecule has 3 aromatic rings. The molecule has 1 saturated carbocycles. The minimum Gasteiger partial charge on any atom is -0.504 e. The number of H-pyrrole nitrogens is 1. The van der Waals surface area contributed by atoms with Crippen LogP contribution in [0.1, 0.15) is 48.3 Å². The molecule has 2 N–H and O–H groups in total. The largest absolute Gasteiger partial charge is 0.504 e. The molecule has 0 bridgehead atoms. The Hall–Kier alpha value is -2.46. The summed E-state index contributed by atoms with van der Waals surface area (Å²) >= 11 is 0. The molecule has 2 fully saturated rings. The first-order valence-corrected chi connectivity index (χ1v) is 11.0. The second-order valence-electron chi connectivity index (χ2n) is 9.70. The number of likely N-dealkylation sites (tertiary alicyclic amines) is 1. The molecule has 3 heterocycles. The molecule has 2 aliphatic heterocycles. The smallest absolute Gasteiger partial charge is 0.166 e.